The normalized spacial score (nSPS) is 8.50. The number of hydrogen-bond acceptors (Lipinski definition) is 4. The van der Waals surface area contributed by atoms with Crippen LogP contribution in [-0.2, 0) is 0 Å². The van der Waals surface area contributed by atoms with Gasteiger partial charge in [-0.15, -0.1) is 12.4 Å². The summed E-state index contributed by atoms with van der Waals surface area (Å²) in [6.45, 7) is 1.64. The van der Waals surface area contributed by atoms with E-state index in [9.17, 15) is 0 Å². The summed E-state index contributed by atoms with van der Waals surface area (Å²) in [5.41, 5.74) is 5.03. The maximum absolute atomic E-state index is 6.84. The molecule has 1 rings (SSSR count). The minimum Gasteiger partial charge on any atom is -0.381 e. The van der Waals surface area contributed by atoms with E-state index in [-0.39, 0.29) is 24.1 Å². The summed E-state index contributed by atoms with van der Waals surface area (Å²) in [6.07, 6.45) is 0. The number of rotatable bonds is 1. The monoisotopic (exact) mass is 162 g/mol. The lowest BCUT2D eigenvalue weighted by Crippen LogP contribution is -2.12. The van der Waals surface area contributed by atoms with Crippen LogP contribution in [0.1, 0.15) is 11.7 Å². The van der Waals surface area contributed by atoms with Gasteiger partial charge in [0.2, 0.25) is 11.7 Å². The van der Waals surface area contributed by atoms with Crippen LogP contribution in [0.4, 0.5) is 0 Å². The summed E-state index contributed by atoms with van der Waals surface area (Å²) >= 11 is 0. The predicted molar refractivity (Wildman–Crippen MR) is 37.3 cm³/mol. The Hall–Kier alpha value is -1.10. The smallest absolute Gasteiger partial charge is 0.237 e. The molecule has 0 radical (unpaired) electrons. The predicted octanol–water partition coefficient (Wildman–Crippen LogP) is 0.0839. The van der Waals surface area contributed by atoms with E-state index in [2.05, 4.69) is 14.7 Å². The number of hydrogen-bond donors (Lipinski definition) is 2. The summed E-state index contributed by atoms with van der Waals surface area (Å²) in [5, 5.41) is 10.2. The first-order chi connectivity index (χ1) is 4.20. The van der Waals surface area contributed by atoms with Crippen molar-refractivity contribution in [3.8, 4) is 0 Å². The number of nitrogens with two attached hydrogens (primary N) is 1. The average molecular weight is 163 g/mol. The first-order valence-electron chi connectivity index (χ1n) is 2.35. The molecule has 0 amide bonds. The van der Waals surface area contributed by atoms with Gasteiger partial charge in [-0.2, -0.15) is 4.98 Å². The number of amidine groups is 1. The van der Waals surface area contributed by atoms with Crippen LogP contribution in [0, 0.1) is 12.3 Å². The van der Waals surface area contributed by atoms with Crippen molar-refractivity contribution in [3.63, 3.8) is 0 Å². The lowest BCUT2D eigenvalue weighted by atomic mass is 10.6. The van der Waals surface area contributed by atoms with Crippen molar-refractivity contribution in [3.05, 3.63) is 11.7 Å². The zero-order valence-electron chi connectivity index (χ0n) is 5.29. The number of aromatic nitrogens is 2. The van der Waals surface area contributed by atoms with Crippen molar-refractivity contribution in [2.75, 3.05) is 0 Å². The largest absolute Gasteiger partial charge is 0.381 e. The van der Waals surface area contributed by atoms with E-state index >= 15 is 0 Å². The maximum Gasteiger partial charge on any atom is 0.237 e. The summed E-state index contributed by atoms with van der Waals surface area (Å²) in [5.74, 6) is 0.388. The van der Waals surface area contributed by atoms with Crippen molar-refractivity contribution in [2.24, 2.45) is 5.73 Å². The lowest BCUT2D eigenvalue weighted by molar-refractivity contribution is 0.391. The quantitative estimate of drug-likeness (QED) is 0.452. The molecule has 0 aliphatic carbocycles. The molecule has 1 aromatic rings. The Bertz CT molecular complexity index is 233. The van der Waals surface area contributed by atoms with Gasteiger partial charge in [0.1, 0.15) is 0 Å². The molecule has 6 heteroatoms. The third-order valence-electron chi connectivity index (χ3n) is 0.768. The van der Waals surface area contributed by atoms with Gasteiger partial charge < -0.3 is 10.3 Å². The SMILES string of the molecule is Cc1nc(C(=N)N)no1.Cl. The molecule has 56 valence electrons. The molecular weight excluding hydrogens is 156 g/mol. The summed E-state index contributed by atoms with van der Waals surface area (Å²) in [6, 6.07) is 0. The van der Waals surface area contributed by atoms with Gasteiger partial charge in [-0.25, -0.2) is 0 Å². The molecule has 0 spiro atoms. The molecular formula is C4H7ClN4O. The van der Waals surface area contributed by atoms with Gasteiger partial charge in [0.15, 0.2) is 5.84 Å². The maximum atomic E-state index is 6.84. The Morgan fingerprint density at radius 2 is 2.30 bits per heavy atom. The fraction of sp³-hybridized carbons (Fsp3) is 0.250. The Kier molecular flexibility index (Phi) is 2.82. The van der Waals surface area contributed by atoms with Gasteiger partial charge >= 0.3 is 0 Å². The summed E-state index contributed by atoms with van der Waals surface area (Å²) in [7, 11) is 0. The second-order valence-electron chi connectivity index (χ2n) is 1.55. The molecule has 0 aliphatic heterocycles. The highest BCUT2D eigenvalue weighted by atomic mass is 35.5. The zero-order valence-corrected chi connectivity index (χ0v) is 6.10. The van der Waals surface area contributed by atoms with Crippen LogP contribution < -0.4 is 5.73 Å². The zero-order chi connectivity index (χ0) is 6.85. The molecule has 1 heterocycles. The highest BCUT2D eigenvalue weighted by Crippen LogP contribution is 1.91. The molecule has 0 saturated heterocycles. The van der Waals surface area contributed by atoms with Gasteiger partial charge in [0.25, 0.3) is 0 Å². The Morgan fingerprint density at radius 1 is 1.70 bits per heavy atom. The molecule has 3 N–H and O–H groups in total. The molecule has 0 atom stereocenters. The molecule has 0 aliphatic rings. The van der Waals surface area contributed by atoms with Crippen LogP contribution >= 0.6 is 12.4 Å². The van der Waals surface area contributed by atoms with E-state index in [1.807, 2.05) is 0 Å². The van der Waals surface area contributed by atoms with Crippen LogP contribution in [0.25, 0.3) is 0 Å². The number of nitrogens with one attached hydrogen (secondary N) is 1. The molecule has 10 heavy (non-hydrogen) atoms. The molecule has 0 aromatic carbocycles. The van der Waals surface area contributed by atoms with E-state index in [1.165, 1.54) is 0 Å². The van der Waals surface area contributed by atoms with Crippen LogP contribution in [0.3, 0.4) is 0 Å². The van der Waals surface area contributed by atoms with Crippen molar-refractivity contribution in [1.82, 2.24) is 10.1 Å². The van der Waals surface area contributed by atoms with Gasteiger partial charge in [-0.3, -0.25) is 5.41 Å². The number of nitrogen functional groups attached to an aromatic ring is 1. The average Bonchev–Trinajstić information content (AvgIpc) is 2.14. The van der Waals surface area contributed by atoms with E-state index in [0.717, 1.165) is 0 Å². The second-order valence-corrected chi connectivity index (χ2v) is 1.55. The van der Waals surface area contributed by atoms with Crippen molar-refractivity contribution < 1.29 is 4.52 Å². The second kappa shape index (κ2) is 3.17. The lowest BCUT2D eigenvalue weighted by Gasteiger charge is -1.80. The fourth-order valence-corrected chi connectivity index (χ4v) is 0.409. The molecule has 0 bridgehead atoms. The highest BCUT2D eigenvalue weighted by molar-refractivity contribution is 5.90. The van der Waals surface area contributed by atoms with E-state index in [4.69, 9.17) is 11.1 Å². The Morgan fingerprint density at radius 3 is 2.50 bits per heavy atom. The van der Waals surface area contributed by atoms with E-state index < -0.39 is 0 Å². The molecule has 5 nitrogen and oxygen atoms in total. The summed E-state index contributed by atoms with van der Waals surface area (Å²) < 4.78 is 4.54. The van der Waals surface area contributed by atoms with E-state index in [0.29, 0.717) is 5.89 Å². The Balaban J connectivity index is 0.000000810. The minimum absolute atomic E-state index is 0. The first kappa shape index (κ1) is 8.90. The Labute approximate surface area is 63.5 Å². The summed E-state index contributed by atoms with van der Waals surface area (Å²) in [4.78, 5) is 3.68. The van der Waals surface area contributed by atoms with Crippen LogP contribution in [0.2, 0.25) is 0 Å². The van der Waals surface area contributed by atoms with Crippen molar-refractivity contribution in [2.45, 2.75) is 6.92 Å². The number of nitrogens with zero attached hydrogens (tertiary/aromatic N) is 2. The van der Waals surface area contributed by atoms with Gasteiger partial charge in [-0.05, 0) is 0 Å². The fourth-order valence-electron chi connectivity index (χ4n) is 0.409. The molecule has 0 fully saturated rings. The minimum atomic E-state index is -0.174. The topological polar surface area (TPSA) is 88.8 Å². The van der Waals surface area contributed by atoms with Gasteiger partial charge in [0.05, 0.1) is 0 Å². The van der Waals surface area contributed by atoms with Crippen LogP contribution in [0.5, 0.6) is 0 Å². The molecule has 1 aromatic heterocycles. The third-order valence-corrected chi connectivity index (χ3v) is 0.768. The van der Waals surface area contributed by atoms with Gasteiger partial charge in [0, 0.05) is 6.92 Å². The first-order valence-corrected chi connectivity index (χ1v) is 2.35. The van der Waals surface area contributed by atoms with E-state index in [1.54, 1.807) is 6.92 Å². The van der Waals surface area contributed by atoms with Crippen molar-refractivity contribution >= 4 is 18.2 Å². The standard InChI is InChI=1S/C4H6N4O.ClH/c1-2-7-4(3(5)6)8-9-2;/h1H3,(H3,5,6);1H. The third kappa shape index (κ3) is 1.70. The number of aryl methyl sites for hydroxylation is 1. The van der Waals surface area contributed by atoms with Crippen LogP contribution in [0.15, 0.2) is 4.52 Å². The number of halogens is 1. The van der Waals surface area contributed by atoms with Crippen LogP contribution in [-0.4, -0.2) is 16.0 Å². The molecule has 0 saturated carbocycles. The van der Waals surface area contributed by atoms with Crippen molar-refractivity contribution in [1.29, 1.82) is 5.41 Å². The molecule has 0 unspecified atom stereocenters. The highest BCUT2D eigenvalue weighted by Gasteiger charge is 2.02. The van der Waals surface area contributed by atoms with Gasteiger partial charge in [-0.1, -0.05) is 5.16 Å².